The molecule has 8 rings (SSSR count). The highest BCUT2D eigenvalue weighted by Crippen LogP contribution is 2.34. The van der Waals surface area contributed by atoms with Crippen LogP contribution in [-0.4, -0.2) is 29.9 Å². The van der Waals surface area contributed by atoms with Crippen molar-refractivity contribution in [2.45, 2.75) is 0 Å². The molecule has 8 aromatic rings. The molecule has 0 bridgehead atoms. The molecule has 0 aliphatic heterocycles. The number of rotatable bonds is 4. The zero-order chi connectivity index (χ0) is 30.8. The molecule has 4 aromatic carbocycles. The van der Waals surface area contributed by atoms with Gasteiger partial charge in [-0.05, 0) is 77.9 Å². The first kappa shape index (κ1) is 28.4. The molecule has 0 amide bonds. The van der Waals surface area contributed by atoms with E-state index in [2.05, 4.69) is 48.1 Å². The summed E-state index contributed by atoms with van der Waals surface area (Å²) in [7, 11) is 0. The molecule has 0 spiro atoms. The molecule has 4 heterocycles. The summed E-state index contributed by atoms with van der Waals surface area (Å²) < 4.78 is 13.4. The van der Waals surface area contributed by atoms with Crippen LogP contribution in [0.2, 0.25) is 10.0 Å². The number of halogens is 3. The van der Waals surface area contributed by atoms with Gasteiger partial charge in [0.05, 0.1) is 51.1 Å². The lowest BCUT2D eigenvalue weighted by molar-refractivity contribution is 0.628. The monoisotopic (exact) mass is 628 g/mol. The first-order valence-corrected chi connectivity index (χ1v) is 14.8. The Morgan fingerprint density at radius 2 is 1.07 bits per heavy atom. The number of nitrogens with zero attached hydrogens (tertiary/aromatic N) is 4. The molecular weight excluding hydrogens is 606 g/mol. The van der Waals surface area contributed by atoms with E-state index in [1.807, 2.05) is 66.7 Å². The molecule has 218 valence electrons. The highest BCUT2D eigenvalue weighted by Gasteiger charge is 2.12. The van der Waals surface area contributed by atoms with E-state index in [0.29, 0.717) is 5.02 Å². The Kier molecular flexibility index (Phi) is 7.78. The highest BCUT2D eigenvalue weighted by atomic mass is 35.5. The van der Waals surface area contributed by atoms with E-state index in [-0.39, 0.29) is 5.02 Å². The molecule has 0 atom stereocenters. The lowest BCUT2D eigenvalue weighted by Gasteiger charge is -2.09. The largest absolute Gasteiger partial charge is 0.345 e. The lowest BCUT2D eigenvalue weighted by Crippen LogP contribution is -1.90. The van der Waals surface area contributed by atoms with Gasteiger partial charge in [-0.1, -0.05) is 59.6 Å². The predicted molar refractivity (Wildman–Crippen MR) is 179 cm³/mol. The fourth-order valence-electron chi connectivity index (χ4n) is 5.22. The van der Waals surface area contributed by atoms with Crippen molar-refractivity contribution in [3.05, 3.63) is 144 Å². The summed E-state index contributed by atoms with van der Waals surface area (Å²) in [5.41, 5.74) is 11.4. The van der Waals surface area contributed by atoms with E-state index in [1.54, 1.807) is 37.2 Å². The van der Waals surface area contributed by atoms with Gasteiger partial charge in [-0.25, -0.2) is 14.4 Å². The zero-order valence-corrected chi connectivity index (χ0v) is 25.1. The number of hydrogen-bond donors (Lipinski definition) is 2. The standard InChI is InChI=1S/C18H11ClFN3.C18H12ClN3/c19-14-8-12(3-5-15(14)20)18-13(2-1-7-21-18)11-4-6-16-17(9-11)23-10-22-16;19-14-4-1-3-13(9-14)18-15(5-2-8-20-18)12-6-7-16-17(10-12)22-11-21-16/h1-10H,(H,22,23);1-11H,(H,21,22). The van der Waals surface area contributed by atoms with E-state index >= 15 is 0 Å². The minimum absolute atomic E-state index is 0.0862. The molecule has 0 aliphatic rings. The maximum atomic E-state index is 13.4. The second-order valence-corrected chi connectivity index (χ2v) is 11.1. The Bertz CT molecular complexity index is 2290. The van der Waals surface area contributed by atoms with Crippen LogP contribution in [0.3, 0.4) is 0 Å². The van der Waals surface area contributed by atoms with Crippen LogP contribution < -0.4 is 0 Å². The summed E-state index contributed by atoms with van der Waals surface area (Å²) in [6.45, 7) is 0. The number of nitrogens with one attached hydrogen (secondary N) is 2. The number of aromatic nitrogens is 6. The van der Waals surface area contributed by atoms with Crippen molar-refractivity contribution >= 4 is 45.3 Å². The summed E-state index contributed by atoms with van der Waals surface area (Å²) in [5.74, 6) is -0.438. The van der Waals surface area contributed by atoms with Crippen molar-refractivity contribution in [2.24, 2.45) is 0 Å². The summed E-state index contributed by atoms with van der Waals surface area (Å²) >= 11 is 12.0. The van der Waals surface area contributed by atoms with Crippen LogP contribution in [0.15, 0.2) is 128 Å². The maximum Gasteiger partial charge on any atom is 0.141 e. The molecule has 2 N–H and O–H groups in total. The van der Waals surface area contributed by atoms with Gasteiger partial charge in [0.2, 0.25) is 0 Å². The second-order valence-electron chi connectivity index (χ2n) is 10.2. The number of benzene rings is 4. The van der Waals surface area contributed by atoms with E-state index in [4.69, 9.17) is 23.2 Å². The third-order valence-corrected chi connectivity index (χ3v) is 7.89. The molecular formula is C36H23Cl2FN6. The van der Waals surface area contributed by atoms with Crippen molar-refractivity contribution in [3.8, 4) is 44.8 Å². The van der Waals surface area contributed by atoms with E-state index < -0.39 is 5.82 Å². The third kappa shape index (κ3) is 5.91. The normalized spacial score (nSPS) is 11.0. The molecule has 0 saturated heterocycles. The Labute approximate surface area is 267 Å². The van der Waals surface area contributed by atoms with E-state index in [1.165, 1.54) is 6.07 Å². The molecule has 0 fully saturated rings. The Balaban J connectivity index is 0.000000145. The molecule has 0 unspecified atom stereocenters. The summed E-state index contributed by atoms with van der Waals surface area (Å²) in [4.78, 5) is 23.7. The first-order valence-electron chi connectivity index (χ1n) is 14.0. The van der Waals surface area contributed by atoms with Crippen molar-refractivity contribution in [1.82, 2.24) is 29.9 Å². The van der Waals surface area contributed by atoms with E-state index in [0.717, 1.165) is 66.8 Å². The number of imidazole rings is 2. The van der Waals surface area contributed by atoms with Crippen molar-refractivity contribution in [2.75, 3.05) is 0 Å². The highest BCUT2D eigenvalue weighted by molar-refractivity contribution is 6.31. The van der Waals surface area contributed by atoms with Crippen LogP contribution in [-0.2, 0) is 0 Å². The molecule has 45 heavy (non-hydrogen) atoms. The van der Waals surface area contributed by atoms with Gasteiger partial charge in [-0.15, -0.1) is 0 Å². The van der Waals surface area contributed by atoms with Gasteiger partial charge < -0.3 is 9.97 Å². The van der Waals surface area contributed by atoms with Gasteiger partial charge in [0.25, 0.3) is 0 Å². The number of H-pyrrole nitrogens is 2. The Morgan fingerprint density at radius 1 is 0.511 bits per heavy atom. The van der Waals surface area contributed by atoms with Gasteiger partial charge in [0.15, 0.2) is 0 Å². The predicted octanol–water partition coefficient (Wildman–Crippen LogP) is 10.0. The van der Waals surface area contributed by atoms with Crippen molar-refractivity contribution in [1.29, 1.82) is 0 Å². The average molecular weight is 630 g/mol. The van der Waals surface area contributed by atoms with Gasteiger partial charge in [0.1, 0.15) is 5.82 Å². The van der Waals surface area contributed by atoms with Crippen LogP contribution in [0.25, 0.3) is 66.8 Å². The van der Waals surface area contributed by atoms with Crippen LogP contribution in [0, 0.1) is 5.82 Å². The lowest BCUT2D eigenvalue weighted by atomic mass is 9.99. The van der Waals surface area contributed by atoms with E-state index in [9.17, 15) is 4.39 Å². The number of pyridine rings is 2. The molecule has 6 nitrogen and oxygen atoms in total. The summed E-state index contributed by atoms with van der Waals surface area (Å²) in [6.07, 6.45) is 6.88. The minimum atomic E-state index is -0.438. The quantitative estimate of drug-likeness (QED) is 0.203. The Morgan fingerprint density at radius 3 is 1.62 bits per heavy atom. The fraction of sp³-hybridized carbons (Fsp3) is 0. The van der Waals surface area contributed by atoms with Gasteiger partial charge in [-0.3, -0.25) is 9.97 Å². The summed E-state index contributed by atoms with van der Waals surface area (Å²) in [5, 5.41) is 0.793. The van der Waals surface area contributed by atoms with Gasteiger partial charge in [0, 0.05) is 39.7 Å². The molecule has 0 saturated carbocycles. The van der Waals surface area contributed by atoms with Gasteiger partial charge in [-0.2, -0.15) is 0 Å². The zero-order valence-electron chi connectivity index (χ0n) is 23.5. The maximum absolute atomic E-state index is 13.4. The molecule has 9 heteroatoms. The molecule has 0 aliphatic carbocycles. The summed E-state index contributed by atoms with van der Waals surface area (Å²) in [6, 6.07) is 32.4. The number of fused-ring (bicyclic) bond motifs is 2. The van der Waals surface area contributed by atoms with Crippen molar-refractivity contribution in [3.63, 3.8) is 0 Å². The van der Waals surface area contributed by atoms with Crippen molar-refractivity contribution < 1.29 is 4.39 Å². The third-order valence-electron chi connectivity index (χ3n) is 7.37. The smallest absolute Gasteiger partial charge is 0.141 e. The van der Waals surface area contributed by atoms with Crippen LogP contribution >= 0.6 is 23.2 Å². The topological polar surface area (TPSA) is 83.1 Å². The number of hydrogen-bond acceptors (Lipinski definition) is 4. The van der Waals surface area contributed by atoms with Crippen LogP contribution in [0.5, 0.6) is 0 Å². The van der Waals surface area contributed by atoms with Crippen LogP contribution in [0.1, 0.15) is 0 Å². The average Bonchev–Trinajstić information content (AvgIpc) is 3.75. The minimum Gasteiger partial charge on any atom is -0.345 e. The SMILES string of the molecule is Clc1cccc(-c2ncccc2-c2ccc3nc[nH]c3c2)c1.Fc1ccc(-c2ncccc2-c2ccc3nc[nH]c3c2)cc1Cl. The Hall–Kier alpha value is -5.37. The molecule has 0 radical (unpaired) electrons. The molecule has 4 aromatic heterocycles. The second kappa shape index (κ2) is 12.3. The fourth-order valence-corrected chi connectivity index (χ4v) is 5.59. The first-order chi connectivity index (χ1) is 22.0. The van der Waals surface area contributed by atoms with Gasteiger partial charge >= 0.3 is 0 Å². The van der Waals surface area contributed by atoms with Crippen LogP contribution in [0.4, 0.5) is 4.39 Å². The number of aromatic amines is 2.